The molecule has 0 radical (unpaired) electrons. The highest BCUT2D eigenvalue weighted by Crippen LogP contribution is 2.28. The minimum atomic E-state index is 0.854. The maximum absolute atomic E-state index is 5.80. The Morgan fingerprint density at radius 1 is 1.33 bits per heavy atom. The molecule has 0 aliphatic heterocycles. The second-order valence-corrected chi connectivity index (χ2v) is 4.98. The van der Waals surface area contributed by atoms with Gasteiger partial charge in [-0.25, -0.2) is 0 Å². The van der Waals surface area contributed by atoms with E-state index in [9.17, 15) is 0 Å². The zero-order valence-corrected chi connectivity index (χ0v) is 9.97. The van der Waals surface area contributed by atoms with Crippen LogP contribution in [0.5, 0.6) is 0 Å². The van der Waals surface area contributed by atoms with Crippen molar-refractivity contribution in [1.29, 1.82) is 0 Å². The summed E-state index contributed by atoms with van der Waals surface area (Å²) in [6.45, 7) is 1.08. The lowest BCUT2D eigenvalue weighted by Crippen LogP contribution is -2.14. The van der Waals surface area contributed by atoms with Crippen molar-refractivity contribution in [3.63, 3.8) is 0 Å². The van der Waals surface area contributed by atoms with Gasteiger partial charge >= 0.3 is 0 Å². The molecule has 2 rings (SSSR count). The fraction of sp³-hybridized carbons (Fsp3) is 0.333. The predicted molar refractivity (Wildman–Crippen MR) is 68.5 cm³/mol. The standard InChI is InChI=1S/C12H16N2S/c1-14(2)6-5-9-8-15-12-4-3-10(13)7-11(9)12/h3-4,7-8H,5-6,13H2,1-2H3. The molecule has 3 heteroatoms. The molecule has 1 aromatic carbocycles. The summed E-state index contributed by atoms with van der Waals surface area (Å²) in [5, 5.41) is 3.56. The van der Waals surface area contributed by atoms with E-state index in [0.29, 0.717) is 0 Å². The molecule has 0 atom stereocenters. The minimum absolute atomic E-state index is 0.854. The molecule has 0 amide bonds. The molecule has 0 saturated heterocycles. The Balaban J connectivity index is 2.31. The summed E-state index contributed by atoms with van der Waals surface area (Å²) in [5.74, 6) is 0. The lowest BCUT2D eigenvalue weighted by atomic mass is 10.1. The smallest absolute Gasteiger partial charge is 0.0347 e. The molecular weight excluding hydrogens is 204 g/mol. The molecule has 0 unspecified atom stereocenters. The summed E-state index contributed by atoms with van der Waals surface area (Å²) in [7, 11) is 4.20. The van der Waals surface area contributed by atoms with Crippen molar-refractivity contribution in [3.05, 3.63) is 29.1 Å². The number of fused-ring (bicyclic) bond motifs is 1. The molecular formula is C12H16N2S. The fourth-order valence-corrected chi connectivity index (χ4v) is 2.61. The number of benzene rings is 1. The van der Waals surface area contributed by atoms with Gasteiger partial charge in [-0.15, -0.1) is 11.3 Å². The summed E-state index contributed by atoms with van der Waals surface area (Å²) in [6, 6.07) is 6.15. The van der Waals surface area contributed by atoms with Crippen molar-refractivity contribution in [3.8, 4) is 0 Å². The zero-order chi connectivity index (χ0) is 10.8. The fourth-order valence-electron chi connectivity index (χ4n) is 1.64. The molecule has 80 valence electrons. The van der Waals surface area contributed by atoms with Crippen LogP contribution in [0.25, 0.3) is 10.1 Å². The van der Waals surface area contributed by atoms with E-state index in [-0.39, 0.29) is 0 Å². The summed E-state index contributed by atoms with van der Waals surface area (Å²) in [4.78, 5) is 2.20. The van der Waals surface area contributed by atoms with Gasteiger partial charge in [0.15, 0.2) is 0 Å². The second-order valence-electron chi connectivity index (χ2n) is 4.07. The summed E-state index contributed by atoms with van der Waals surface area (Å²) >= 11 is 1.80. The molecule has 2 N–H and O–H groups in total. The van der Waals surface area contributed by atoms with E-state index in [1.807, 2.05) is 6.07 Å². The van der Waals surface area contributed by atoms with Crippen molar-refractivity contribution in [2.45, 2.75) is 6.42 Å². The Kier molecular flexibility index (Phi) is 2.93. The Morgan fingerprint density at radius 2 is 2.13 bits per heavy atom. The SMILES string of the molecule is CN(C)CCc1csc2ccc(N)cc12. The first-order chi connectivity index (χ1) is 7.16. The molecule has 2 aromatic rings. The van der Waals surface area contributed by atoms with Crippen LogP contribution in [0.2, 0.25) is 0 Å². The Morgan fingerprint density at radius 3 is 2.87 bits per heavy atom. The van der Waals surface area contributed by atoms with Gasteiger partial charge in [-0.2, -0.15) is 0 Å². The summed E-state index contributed by atoms with van der Waals surface area (Å²) in [5.41, 5.74) is 8.07. The molecule has 1 heterocycles. The maximum atomic E-state index is 5.80. The summed E-state index contributed by atoms with van der Waals surface area (Å²) in [6.07, 6.45) is 1.09. The predicted octanol–water partition coefficient (Wildman–Crippen LogP) is 2.59. The van der Waals surface area contributed by atoms with E-state index in [0.717, 1.165) is 18.7 Å². The van der Waals surface area contributed by atoms with Gasteiger partial charge in [-0.05, 0) is 55.0 Å². The number of hydrogen-bond acceptors (Lipinski definition) is 3. The van der Waals surface area contributed by atoms with Gasteiger partial charge in [0.05, 0.1) is 0 Å². The molecule has 0 aliphatic rings. The first kappa shape index (κ1) is 10.5. The number of anilines is 1. The van der Waals surface area contributed by atoms with Crippen molar-refractivity contribution in [1.82, 2.24) is 4.90 Å². The van der Waals surface area contributed by atoms with Crippen LogP contribution in [0.3, 0.4) is 0 Å². The van der Waals surface area contributed by atoms with Crippen LogP contribution >= 0.6 is 11.3 Å². The molecule has 0 fully saturated rings. The van der Waals surface area contributed by atoms with Gasteiger partial charge in [0.2, 0.25) is 0 Å². The van der Waals surface area contributed by atoms with E-state index in [1.165, 1.54) is 15.6 Å². The van der Waals surface area contributed by atoms with E-state index in [4.69, 9.17) is 5.73 Å². The number of hydrogen-bond donors (Lipinski definition) is 1. The summed E-state index contributed by atoms with van der Waals surface area (Å²) < 4.78 is 1.33. The number of nitrogen functional groups attached to an aromatic ring is 1. The van der Waals surface area contributed by atoms with E-state index < -0.39 is 0 Å². The quantitative estimate of drug-likeness (QED) is 0.806. The van der Waals surface area contributed by atoms with Gasteiger partial charge in [-0.3, -0.25) is 0 Å². The van der Waals surface area contributed by atoms with Gasteiger partial charge in [0, 0.05) is 16.9 Å². The molecule has 2 nitrogen and oxygen atoms in total. The van der Waals surface area contributed by atoms with Crippen molar-refractivity contribution in [2.24, 2.45) is 0 Å². The van der Waals surface area contributed by atoms with Gasteiger partial charge in [-0.1, -0.05) is 0 Å². The molecule has 0 aliphatic carbocycles. The third-order valence-electron chi connectivity index (χ3n) is 2.51. The van der Waals surface area contributed by atoms with Crippen molar-refractivity contribution in [2.75, 3.05) is 26.4 Å². The van der Waals surface area contributed by atoms with E-state index in [2.05, 4.69) is 36.5 Å². The van der Waals surface area contributed by atoms with Crippen molar-refractivity contribution < 1.29 is 0 Å². The number of thiophene rings is 1. The Labute approximate surface area is 94.3 Å². The molecule has 15 heavy (non-hydrogen) atoms. The number of nitrogens with zero attached hydrogens (tertiary/aromatic N) is 1. The normalized spacial score (nSPS) is 11.4. The largest absolute Gasteiger partial charge is 0.399 e. The average Bonchev–Trinajstić information content (AvgIpc) is 2.57. The van der Waals surface area contributed by atoms with Crippen molar-refractivity contribution >= 4 is 27.1 Å². The zero-order valence-electron chi connectivity index (χ0n) is 9.16. The Hall–Kier alpha value is -1.06. The van der Waals surface area contributed by atoms with Crippen LogP contribution in [0, 0.1) is 0 Å². The number of likely N-dealkylation sites (N-methyl/N-ethyl adjacent to an activating group) is 1. The minimum Gasteiger partial charge on any atom is -0.399 e. The lowest BCUT2D eigenvalue weighted by molar-refractivity contribution is 0.414. The lowest BCUT2D eigenvalue weighted by Gasteiger charge is -2.08. The van der Waals surface area contributed by atoms with Gasteiger partial charge < -0.3 is 10.6 Å². The van der Waals surface area contributed by atoms with E-state index in [1.54, 1.807) is 11.3 Å². The van der Waals surface area contributed by atoms with Crippen LogP contribution in [-0.2, 0) is 6.42 Å². The third kappa shape index (κ3) is 2.30. The van der Waals surface area contributed by atoms with Gasteiger partial charge in [0.25, 0.3) is 0 Å². The van der Waals surface area contributed by atoms with Crippen LogP contribution in [0.4, 0.5) is 5.69 Å². The Bertz CT molecular complexity index is 460. The second kappa shape index (κ2) is 4.21. The average molecular weight is 220 g/mol. The topological polar surface area (TPSA) is 29.3 Å². The van der Waals surface area contributed by atoms with Crippen LogP contribution < -0.4 is 5.73 Å². The first-order valence-electron chi connectivity index (χ1n) is 5.07. The van der Waals surface area contributed by atoms with Crippen LogP contribution in [0.15, 0.2) is 23.6 Å². The first-order valence-corrected chi connectivity index (χ1v) is 5.95. The highest BCUT2D eigenvalue weighted by atomic mass is 32.1. The van der Waals surface area contributed by atoms with E-state index >= 15 is 0 Å². The molecule has 1 aromatic heterocycles. The van der Waals surface area contributed by atoms with Gasteiger partial charge in [0.1, 0.15) is 0 Å². The monoisotopic (exact) mass is 220 g/mol. The third-order valence-corrected chi connectivity index (χ3v) is 3.52. The number of nitrogens with two attached hydrogens (primary N) is 1. The number of rotatable bonds is 3. The maximum Gasteiger partial charge on any atom is 0.0347 e. The molecule has 0 saturated carbocycles. The highest BCUT2D eigenvalue weighted by molar-refractivity contribution is 7.17. The van der Waals surface area contributed by atoms with Crippen LogP contribution in [-0.4, -0.2) is 25.5 Å². The highest BCUT2D eigenvalue weighted by Gasteiger charge is 2.04. The molecule has 0 bridgehead atoms. The molecule has 0 spiro atoms. The van der Waals surface area contributed by atoms with Crippen LogP contribution in [0.1, 0.15) is 5.56 Å².